The zero-order valence-corrected chi connectivity index (χ0v) is 10.0. The molecule has 2 N–H and O–H groups in total. The lowest BCUT2D eigenvalue weighted by Gasteiger charge is -2.27. The summed E-state index contributed by atoms with van der Waals surface area (Å²) in [5.41, 5.74) is 0. The lowest BCUT2D eigenvalue weighted by atomic mass is 10.1. The van der Waals surface area contributed by atoms with Crippen molar-refractivity contribution in [3.05, 3.63) is 0 Å². The van der Waals surface area contributed by atoms with Crippen molar-refractivity contribution < 1.29 is 4.79 Å². The fourth-order valence-corrected chi connectivity index (χ4v) is 2.57. The third-order valence-electron chi connectivity index (χ3n) is 3.57. The molecule has 2 saturated heterocycles. The molecule has 0 unspecified atom stereocenters. The maximum Gasteiger partial charge on any atom is 0.317 e. The molecule has 0 radical (unpaired) electrons. The predicted molar refractivity (Wildman–Crippen MR) is 64.5 cm³/mol. The normalized spacial score (nSPS) is 25.8. The first-order valence-electron chi connectivity index (χ1n) is 6.62. The Hall–Kier alpha value is -0.770. The Kier molecular flexibility index (Phi) is 4.45. The number of piperidine rings is 1. The largest absolute Gasteiger partial charge is 0.338 e. The van der Waals surface area contributed by atoms with Crippen LogP contribution in [0.2, 0.25) is 0 Å². The van der Waals surface area contributed by atoms with Crippen LogP contribution in [0.3, 0.4) is 0 Å². The Morgan fingerprint density at radius 2 is 2.06 bits per heavy atom. The number of carbonyl (C=O) groups is 1. The summed E-state index contributed by atoms with van der Waals surface area (Å²) < 4.78 is 0. The SMILES string of the molecule is O=C(NCC[C@@H]1CCCN1)N1CCCCC1. The van der Waals surface area contributed by atoms with Crippen LogP contribution in [0.1, 0.15) is 38.5 Å². The highest BCUT2D eigenvalue weighted by atomic mass is 16.2. The van der Waals surface area contributed by atoms with Crippen molar-refractivity contribution in [1.29, 1.82) is 0 Å². The first-order chi connectivity index (χ1) is 7.86. The number of nitrogens with zero attached hydrogens (tertiary/aromatic N) is 1. The van der Waals surface area contributed by atoms with Gasteiger partial charge in [-0.25, -0.2) is 4.79 Å². The molecule has 0 spiro atoms. The van der Waals surface area contributed by atoms with Gasteiger partial charge in [-0.05, 0) is 45.1 Å². The third kappa shape index (κ3) is 3.37. The molecule has 2 aliphatic heterocycles. The quantitative estimate of drug-likeness (QED) is 0.761. The lowest BCUT2D eigenvalue weighted by molar-refractivity contribution is 0.186. The van der Waals surface area contributed by atoms with E-state index in [0.29, 0.717) is 6.04 Å². The van der Waals surface area contributed by atoms with E-state index in [1.54, 1.807) is 0 Å². The molecule has 4 nitrogen and oxygen atoms in total. The molecular formula is C12H23N3O. The van der Waals surface area contributed by atoms with Gasteiger partial charge in [0.1, 0.15) is 0 Å². The highest BCUT2D eigenvalue weighted by Crippen LogP contribution is 2.09. The van der Waals surface area contributed by atoms with Gasteiger partial charge in [0.2, 0.25) is 0 Å². The van der Waals surface area contributed by atoms with Crippen molar-refractivity contribution in [2.24, 2.45) is 0 Å². The maximum atomic E-state index is 11.8. The summed E-state index contributed by atoms with van der Waals surface area (Å²) >= 11 is 0. The first-order valence-corrected chi connectivity index (χ1v) is 6.62. The zero-order chi connectivity index (χ0) is 11.2. The van der Waals surface area contributed by atoms with Gasteiger partial charge in [-0.15, -0.1) is 0 Å². The smallest absolute Gasteiger partial charge is 0.317 e. The number of hydrogen-bond donors (Lipinski definition) is 2. The molecule has 2 aliphatic rings. The van der Waals surface area contributed by atoms with E-state index in [-0.39, 0.29) is 6.03 Å². The fourth-order valence-electron chi connectivity index (χ4n) is 2.57. The van der Waals surface area contributed by atoms with Gasteiger partial charge < -0.3 is 15.5 Å². The van der Waals surface area contributed by atoms with Gasteiger partial charge in [0, 0.05) is 25.7 Å². The van der Waals surface area contributed by atoms with Crippen molar-refractivity contribution in [2.75, 3.05) is 26.2 Å². The molecule has 2 fully saturated rings. The van der Waals surface area contributed by atoms with Crippen molar-refractivity contribution in [1.82, 2.24) is 15.5 Å². The number of rotatable bonds is 3. The number of carbonyl (C=O) groups excluding carboxylic acids is 1. The monoisotopic (exact) mass is 225 g/mol. The predicted octanol–water partition coefficient (Wildman–Crippen LogP) is 1.32. The van der Waals surface area contributed by atoms with Crippen molar-refractivity contribution >= 4 is 6.03 Å². The Labute approximate surface area is 97.8 Å². The molecule has 0 aromatic carbocycles. The molecule has 4 heteroatoms. The minimum absolute atomic E-state index is 0.137. The highest BCUT2D eigenvalue weighted by molar-refractivity contribution is 5.74. The Bertz CT molecular complexity index is 220. The van der Waals surface area contributed by atoms with Gasteiger partial charge in [-0.3, -0.25) is 0 Å². The molecule has 0 aromatic rings. The van der Waals surface area contributed by atoms with Crippen LogP contribution >= 0.6 is 0 Å². The molecule has 2 rings (SSSR count). The number of amides is 2. The molecular weight excluding hydrogens is 202 g/mol. The average Bonchev–Trinajstić information content (AvgIpc) is 2.83. The van der Waals surface area contributed by atoms with E-state index in [2.05, 4.69) is 10.6 Å². The number of likely N-dealkylation sites (tertiary alicyclic amines) is 1. The second-order valence-electron chi connectivity index (χ2n) is 4.86. The van der Waals surface area contributed by atoms with Crippen LogP contribution < -0.4 is 10.6 Å². The second-order valence-corrected chi connectivity index (χ2v) is 4.86. The molecule has 0 aliphatic carbocycles. The molecule has 0 aromatic heterocycles. The minimum Gasteiger partial charge on any atom is -0.338 e. The molecule has 2 heterocycles. The standard InChI is InChI=1S/C12H23N3O/c16-12(15-9-2-1-3-10-15)14-8-6-11-5-4-7-13-11/h11,13H,1-10H2,(H,14,16)/t11-/m0/s1. The molecule has 92 valence electrons. The zero-order valence-electron chi connectivity index (χ0n) is 10.0. The summed E-state index contributed by atoms with van der Waals surface area (Å²) in [7, 11) is 0. The summed E-state index contributed by atoms with van der Waals surface area (Å²) in [4.78, 5) is 13.7. The first kappa shape index (κ1) is 11.7. The fraction of sp³-hybridized carbons (Fsp3) is 0.917. The van der Waals surface area contributed by atoms with Crippen molar-refractivity contribution in [3.8, 4) is 0 Å². The minimum atomic E-state index is 0.137. The van der Waals surface area contributed by atoms with Crippen LogP contribution in [0.15, 0.2) is 0 Å². The molecule has 0 bridgehead atoms. The number of urea groups is 1. The van der Waals surface area contributed by atoms with Gasteiger partial charge in [-0.2, -0.15) is 0 Å². The van der Waals surface area contributed by atoms with Crippen LogP contribution in [0, 0.1) is 0 Å². The van der Waals surface area contributed by atoms with Crippen LogP contribution in [0.4, 0.5) is 4.79 Å². The van der Waals surface area contributed by atoms with E-state index in [0.717, 1.165) is 45.4 Å². The summed E-state index contributed by atoms with van der Waals surface area (Å²) in [6.45, 7) is 3.83. The summed E-state index contributed by atoms with van der Waals surface area (Å²) in [5.74, 6) is 0. The lowest BCUT2D eigenvalue weighted by Crippen LogP contribution is -2.43. The van der Waals surface area contributed by atoms with Gasteiger partial charge in [0.05, 0.1) is 0 Å². The van der Waals surface area contributed by atoms with Crippen LogP contribution in [-0.4, -0.2) is 43.2 Å². The summed E-state index contributed by atoms with van der Waals surface area (Å²) in [5, 5.41) is 6.47. The van der Waals surface area contributed by atoms with Gasteiger partial charge in [-0.1, -0.05) is 0 Å². The van der Waals surface area contributed by atoms with E-state index < -0.39 is 0 Å². The van der Waals surface area contributed by atoms with Crippen LogP contribution in [0.5, 0.6) is 0 Å². The van der Waals surface area contributed by atoms with Crippen LogP contribution in [0.25, 0.3) is 0 Å². The van der Waals surface area contributed by atoms with E-state index in [4.69, 9.17) is 0 Å². The van der Waals surface area contributed by atoms with Crippen LogP contribution in [-0.2, 0) is 0 Å². The Morgan fingerprint density at radius 1 is 1.25 bits per heavy atom. The van der Waals surface area contributed by atoms with Crippen molar-refractivity contribution in [3.63, 3.8) is 0 Å². The summed E-state index contributed by atoms with van der Waals surface area (Å²) in [6.07, 6.45) is 7.22. The number of hydrogen-bond acceptors (Lipinski definition) is 2. The molecule has 0 saturated carbocycles. The topological polar surface area (TPSA) is 44.4 Å². The Morgan fingerprint density at radius 3 is 2.75 bits per heavy atom. The average molecular weight is 225 g/mol. The van der Waals surface area contributed by atoms with E-state index in [1.807, 2.05) is 4.90 Å². The maximum absolute atomic E-state index is 11.8. The number of nitrogens with one attached hydrogen (secondary N) is 2. The van der Waals surface area contributed by atoms with Gasteiger partial charge in [0.25, 0.3) is 0 Å². The highest BCUT2D eigenvalue weighted by Gasteiger charge is 2.17. The molecule has 2 amide bonds. The summed E-state index contributed by atoms with van der Waals surface area (Å²) in [6, 6.07) is 0.763. The second kappa shape index (κ2) is 6.09. The Balaban J connectivity index is 1.59. The van der Waals surface area contributed by atoms with Gasteiger partial charge in [0.15, 0.2) is 0 Å². The van der Waals surface area contributed by atoms with Crippen molar-refractivity contribution in [2.45, 2.75) is 44.6 Å². The van der Waals surface area contributed by atoms with E-state index in [1.165, 1.54) is 19.3 Å². The molecule has 16 heavy (non-hydrogen) atoms. The van der Waals surface area contributed by atoms with E-state index >= 15 is 0 Å². The van der Waals surface area contributed by atoms with E-state index in [9.17, 15) is 4.79 Å². The molecule has 1 atom stereocenters. The third-order valence-corrected chi connectivity index (χ3v) is 3.57. The van der Waals surface area contributed by atoms with Gasteiger partial charge >= 0.3 is 6.03 Å².